The number of hydrogen-bond acceptors (Lipinski definition) is 2. The summed E-state index contributed by atoms with van der Waals surface area (Å²) < 4.78 is 12.2. The minimum absolute atomic E-state index is 0.340. The second-order valence-electron chi connectivity index (χ2n) is 6.68. The molecule has 0 aliphatic carbocycles. The second kappa shape index (κ2) is 5.71. The van der Waals surface area contributed by atoms with Crippen LogP contribution in [0.5, 0.6) is 11.5 Å². The minimum atomic E-state index is -0.340. The van der Waals surface area contributed by atoms with Gasteiger partial charge in [-0.3, -0.25) is 0 Å². The van der Waals surface area contributed by atoms with Crippen LogP contribution in [0.4, 0.5) is 0 Å². The van der Waals surface area contributed by atoms with Gasteiger partial charge in [0.15, 0.2) is 0 Å². The Morgan fingerprint density at radius 2 is 1.41 bits per heavy atom. The molecule has 3 heteroatoms. The number of benzene rings is 2. The van der Waals surface area contributed by atoms with Crippen LogP contribution in [-0.4, -0.2) is 7.12 Å². The van der Waals surface area contributed by atoms with E-state index in [9.17, 15) is 0 Å². The zero-order chi connectivity index (χ0) is 15.9. The number of aryl methyl sites for hydroxylation is 1. The first-order chi connectivity index (χ1) is 10.5. The Hall–Kier alpha value is -1.90. The lowest BCUT2D eigenvalue weighted by Crippen LogP contribution is -2.44. The fourth-order valence-electron chi connectivity index (χ4n) is 3.06. The van der Waals surface area contributed by atoms with Gasteiger partial charge in [0.1, 0.15) is 11.5 Å². The minimum Gasteiger partial charge on any atom is -0.519 e. The molecular formula is C19H23BO2. The molecule has 0 saturated heterocycles. The number of fused-ring (bicyclic) bond motifs is 1. The Morgan fingerprint density at radius 1 is 0.818 bits per heavy atom. The molecule has 3 rings (SSSR count). The molecule has 0 bridgehead atoms. The van der Waals surface area contributed by atoms with Gasteiger partial charge in [0.25, 0.3) is 0 Å². The molecule has 0 N–H and O–H groups in total. The quantitative estimate of drug-likeness (QED) is 0.781. The predicted molar refractivity (Wildman–Crippen MR) is 92.4 cm³/mol. The highest BCUT2D eigenvalue weighted by Gasteiger charge is 2.38. The highest BCUT2D eigenvalue weighted by atomic mass is 16.6. The molecular weight excluding hydrogens is 271 g/mol. The van der Waals surface area contributed by atoms with E-state index >= 15 is 0 Å². The van der Waals surface area contributed by atoms with E-state index in [2.05, 4.69) is 58.9 Å². The van der Waals surface area contributed by atoms with Gasteiger partial charge in [-0.1, -0.05) is 52.0 Å². The van der Waals surface area contributed by atoms with E-state index in [1.165, 1.54) is 22.2 Å². The Balaban J connectivity index is 2.06. The first-order valence-corrected chi connectivity index (χ1v) is 8.04. The molecule has 0 amide bonds. The molecule has 2 aromatic rings. The van der Waals surface area contributed by atoms with Crippen molar-refractivity contribution in [2.45, 2.75) is 46.5 Å². The predicted octanol–water partition coefficient (Wildman–Crippen LogP) is 4.41. The summed E-state index contributed by atoms with van der Waals surface area (Å²) in [6.07, 6.45) is 0. The van der Waals surface area contributed by atoms with Crippen LogP contribution < -0.4 is 14.8 Å². The fraction of sp³-hybridized carbons (Fsp3) is 0.368. The van der Waals surface area contributed by atoms with Gasteiger partial charge >= 0.3 is 7.12 Å². The summed E-state index contributed by atoms with van der Waals surface area (Å²) in [5.41, 5.74) is 4.99. The Labute approximate surface area is 133 Å². The van der Waals surface area contributed by atoms with Crippen molar-refractivity contribution in [3.8, 4) is 11.5 Å². The zero-order valence-electron chi connectivity index (χ0n) is 14.0. The Kier molecular flexibility index (Phi) is 3.90. The van der Waals surface area contributed by atoms with Crippen LogP contribution >= 0.6 is 0 Å². The SMILES string of the molecule is Cc1ccc2c(c1)OB(c1c(C(C)C)cccc1C(C)C)O2. The lowest BCUT2D eigenvalue weighted by Gasteiger charge is -2.20. The first-order valence-electron chi connectivity index (χ1n) is 8.04. The molecule has 0 atom stereocenters. The third-order valence-corrected chi connectivity index (χ3v) is 4.22. The maximum absolute atomic E-state index is 6.13. The molecule has 0 unspecified atom stereocenters. The maximum atomic E-state index is 6.13. The van der Waals surface area contributed by atoms with Crippen LogP contribution in [0.25, 0.3) is 0 Å². The molecule has 2 nitrogen and oxygen atoms in total. The molecule has 0 spiro atoms. The third-order valence-electron chi connectivity index (χ3n) is 4.22. The summed E-state index contributed by atoms with van der Waals surface area (Å²) in [6, 6.07) is 12.6. The van der Waals surface area contributed by atoms with Crippen LogP contribution in [-0.2, 0) is 0 Å². The molecule has 0 radical (unpaired) electrons. The summed E-state index contributed by atoms with van der Waals surface area (Å²) in [7, 11) is -0.340. The summed E-state index contributed by atoms with van der Waals surface area (Å²) in [5.74, 6) is 2.56. The van der Waals surface area contributed by atoms with Crippen LogP contribution in [0.2, 0.25) is 0 Å². The standard InChI is InChI=1S/C19H23BO2/c1-12(2)15-7-6-8-16(13(3)4)19(15)20-21-17-10-9-14(5)11-18(17)22-20/h6-13H,1-5H3. The van der Waals surface area contributed by atoms with Crippen molar-refractivity contribution < 1.29 is 9.31 Å². The van der Waals surface area contributed by atoms with Crippen molar-refractivity contribution in [2.75, 3.05) is 0 Å². The van der Waals surface area contributed by atoms with Crippen LogP contribution in [0, 0.1) is 6.92 Å². The second-order valence-corrected chi connectivity index (χ2v) is 6.68. The molecule has 0 saturated carbocycles. The molecule has 0 aromatic heterocycles. The van der Waals surface area contributed by atoms with E-state index in [1.54, 1.807) is 0 Å². The molecule has 0 fully saturated rings. The lowest BCUT2D eigenvalue weighted by atomic mass is 9.69. The van der Waals surface area contributed by atoms with E-state index in [0.29, 0.717) is 11.8 Å². The maximum Gasteiger partial charge on any atom is 0.633 e. The van der Waals surface area contributed by atoms with Crippen LogP contribution in [0.1, 0.15) is 56.2 Å². The van der Waals surface area contributed by atoms with Gasteiger partial charge in [-0.15, -0.1) is 0 Å². The topological polar surface area (TPSA) is 18.5 Å². The summed E-state index contributed by atoms with van der Waals surface area (Å²) in [5, 5.41) is 0. The Morgan fingerprint density at radius 3 is 2.00 bits per heavy atom. The van der Waals surface area contributed by atoms with Crippen molar-refractivity contribution in [2.24, 2.45) is 0 Å². The average molecular weight is 294 g/mol. The monoisotopic (exact) mass is 294 g/mol. The smallest absolute Gasteiger partial charge is 0.519 e. The molecule has 1 heterocycles. The average Bonchev–Trinajstić information content (AvgIpc) is 2.88. The molecule has 1 aliphatic heterocycles. The van der Waals surface area contributed by atoms with E-state index in [0.717, 1.165) is 11.5 Å². The van der Waals surface area contributed by atoms with Crippen LogP contribution in [0.3, 0.4) is 0 Å². The Bertz CT molecular complexity index is 666. The van der Waals surface area contributed by atoms with Crippen molar-refractivity contribution in [1.29, 1.82) is 0 Å². The molecule has 114 valence electrons. The summed E-state index contributed by atoms with van der Waals surface area (Å²) >= 11 is 0. The highest BCUT2D eigenvalue weighted by molar-refractivity contribution is 6.64. The van der Waals surface area contributed by atoms with Gasteiger partial charge in [-0.25, -0.2) is 0 Å². The lowest BCUT2D eigenvalue weighted by molar-refractivity contribution is 0.517. The van der Waals surface area contributed by atoms with E-state index < -0.39 is 0 Å². The van der Waals surface area contributed by atoms with Crippen molar-refractivity contribution >= 4 is 12.6 Å². The van der Waals surface area contributed by atoms with E-state index in [4.69, 9.17) is 9.31 Å². The number of hydrogen-bond donors (Lipinski definition) is 0. The number of rotatable bonds is 3. The van der Waals surface area contributed by atoms with Crippen molar-refractivity contribution in [3.63, 3.8) is 0 Å². The van der Waals surface area contributed by atoms with Gasteiger partial charge in [0, 0.05) is 5.46 Å². The van der Waals surface area contributed by atoms with E-state index in [1.807, 2.05) is 12.1 Å². The van der Waals surface area contributed by atoms with Gasteiger partial charge in [-0.2, -0.15) is 0 Å². The first kappa shape index (κ1) is 15.0. The van der Waals surface area contributed by atoms with Gasteiger partial charge in [-0.05, 0) is 47.6 Å². The zero-order valence-corrected chi connectivity index (χ0v) is 14.0. The van der Waals surface area contributed by atoms with Crippen molar-refractivity contribution in [3.05, 3.63) is 53.1 Å². The molecule has 22 heavy (non-hydrogen) atoms. The molecule has 1 aliphatic rings. The van der Waals surface area contributed by atoms with Gasteiger partial charge in [0.05, 0.1) is 0 Å². The van der Waals surface area contributed by atoms with Crippen LogP contribution in [0.15, 0.2) is 36.4 Å². The summed E-state index contributed by atoms with van der Waals surface area (Å²) in [6.45, 7) is 10.9. The largest absolute Gasteiger partial charge is 0.633 e. The normalized spacial score (nSPS) is 13.3. The molecule has 2 aromatic carbocycles. The van der Waals surface area contributed by atoms with Gasteiger partial charge in [0.2, 0.25) is 0 Å². The van der Waals surface area contributed by atoms with E-state index in [-0.39, 0.29) is 7.12 Å². The van der Waals surface area contributed by atoms with Gasteiger partial charge < -0.3 is 9.31 Å². The third kappa shape index (κ3) is 2.60. The highest BCUT2D eigenvalue weighted by Crippen LogP contribution is 2.35. The van der Waals surface area contributed by atoms with Crippen molar-refractivity contribution in [1.82, 2.24) is 0 Å². The fourth-order valence-corrected chi connectivity index (χ4v) is 3.06. The summed E-state index contributed by atoms with van der Waals surface area (Å²) in [4.78, 5) is 0.